The van der Waals surface area contributed by atoms with Gasteiger partial charge in [0.15, 0.2) is 4.34 Å². The zero-order chi connectivity index (χ0) is 8.39. The molecule has 0 saturated heterocycles. The summed E-state index contributed by atoms with van der Waals surface area (Å²) in [7, 11) is 0. The van der Waals surface area contributed by atoms with E-state index in [2.05, 4.69) is 9.97 Å². The number of nitrogens with two attached hydrogens (primary N) is 1. The number of nitrogen functional groups attached to an aromatic ring is 1. The molecule has 0 bridgehead atoms. The average Bonchev–Trinajstić information content (AvgIpc) is 2.63. The molecule has 62 valence electrons. The van der Waals surface area contributed by atoms with Crippen LogP contribution in [0.4, 0.5) is 5.00 Å². The van der Waals surface area contributed by atoms with Crippen LogP contribution in [-0.2, 0) is 0 Å². The number of anilines is 1. The van der Waals surface area contributed by atoms with Gasteiger partial charge in [-0.05, 0) is 0 Å². The number of hydrogen-bond acceptors (Lipinski definition) is 6. The van der Waals surface area contributed by atoms with E-state index in [9.17, 15) is 0 Å². The van der Waals surface area contributed by atoms with Crippen molar-refractivity contribution in [2.24, 2.45) is 0 Å². The molecule has 4 nitrogen and oxygen atoms in total. The standard InChI is InChI=1S/C6H5N3OS2/c7-4-3-9-6(11-4)12-5-8-1-2-10-5/h1-3H,7H2. The molecular weight excluding hydrogens is 194 g/mol. The maximum Gasteiger partial charge on any atom is 0.262 e. The highest BCUT2D eigenvalue weighted by Crippen LogP contribution is 2.30. The highest BCUT2D eigenvalue weighted by molar-refractivity contribution is 8.00. The molecule has 2 rings (SSSR count). The normalized spacial score (nSPS) is 10.3. The smallest absolute Gasteiger partial charge is 0.262 e. The Kier molecular flexibility index (Phi) is 2.01. The van der Waals surface area contributed by atoms with Crippen molar-refractivity contribution in [2.45, 2.75) is 9.56 Å². The molecule has 12 heavy (non-hydrogen) atoms. The summed E-state index contributed by atoms with van der Waals surface area (Å²) in [6.07, 6.45) is 4.74. The second-order valence-electron chi connectivity index (χ2n) is 1.93. The summed E-state index contributed by atoms with van der Waals surface area (Å²) in [5, 5.41) is 1.29. The lowest BCUT2D eigenvalue weighted by Crippen LogP contribution is -1.73. The molecule has 6 heteroatoms. The molecule has 2 aromatic rings. The molecule has 0 atom stereocenters. The minimum absolute atomic E-state index is 0.587. The van der Waals surface area contributed by atoms with E-state index in [1.54, 1.807) is 12.4 Å². The minimum Gasteiger partial charge on any atom is -0.440 e. The molecule has 0 aliphatic rings. The predicted octanol–water partition coefficient (Wildman–Crippen LogP) is 1.86. The molecule has 0 aliphatic heterocycles. The van der Waals surface area contributed by atoms with Crippen molar-refractivity contribution in [2.75, 3.05) is 5.73 Å². The Morgan fingerprint density at radius 2 is 2.42 bits per heavy atom. The largest absolute Gasteiger partial charge is 0.440 e. The lowest BCUT2D eigenvalue weighted by Gasteiger charge is -1.86. The van der Waals surface area contributed by atoms with Gasteiger partial charge in [-0.2, -0.15) is 0 Å². The summed E-state index contributed by atoms with van der Waals surface area (Å²) in [4.78, 5) is 7.99. The molecule has 0 aromatic carbocycles. The third-order valence-corrected chi connectivity index (χ3v) is 2.86. The van der Waals surface area contributed by atoms with Gasteiger partial charge in [0.2, 0.25) is 0 Å². The van der Waals surface area contributed by atoms with Crippen LogP contribution in [0, 0.1) is 0 Å². The van der Waals surface area contributed by atoms with Gasteiger partial charge >= 0.3 is 0 Å². The molecule has 2 aromatic heterocycles. The first-order valence-corrected chi connectivity index (χ1v) is 4.76. The van der Waals surface area contributed by atoms with Crippen molar-refractivity contribution < 1.29 is 4.42 Å². The Labute approximate surface area is 76.8 Å². The minimum atomic E-state index is 0.587. The van der Waals surface area contributed by atoms with Gasteiger partial charge in [-0.1, -0.05) is 11.3 Å². The average molecular weight is 199 g/mol. The van der Waals surface area contributed by atoms with Gasteiger partial charge in [0, 0.05) is 11.8 Å². The SMILES string of the molecule is Nc1cnc(Sc2ncco2)s1. The van der Waals surface area contributed by atoms with Crippen LogP contribution < -0.4 is 5.73 Å². The van der Waals surface area contributed by atoms with Gasteiger partial charge in [-0.3, -0.25) is 0 Å². The second-order valence-corrected chi connectivity index (χ2v) is 4.19. The van der Waals surface area contributed by atoms with Crippen LogP contribution in [0.3, 0.4) is 0 Å². The van der Waals surface area contributed by atoms with E-state index in [-0.39, 0.29) is 0 Å². The summed E-state index contributed by atoms with van der Waals surface area (Å²) >= 11 is 2.78. The Hall–Kier alpha value is -1.01. The zero-order valence-corrected chi connectivity index (χ0v) is 7.56. The number of oxazole rings is 1. The molecule has 0 fully saturated rings. The fourth-order valence-electron chi connectivity index (χ4n) is 0.652. The third kappa shape index (κ3) is 1.59. The summed E-state index contributed by atoms with van der Waals surface area (Å²) in [6, 6.07) is 0. The molecule has 0 spiro atoms. The highest BCUT2D eigenvalue weighted by Gasteiger charge is 2.04. The zero-order valence-electron chi connectivity index (χ0n) is 5.93. The van der Waals surface area contributed by atoms with Crippen LogP contribution in [0.15, 0.2) is 32.6 Å². The van der Waals surface area contributed by atoms with Gasteiger partial charge in [-0.25, -0.2) is 9.97 Å². The second kappa shape index (κ2) is 3.16. The van der Waals surface area contributed by atoms with Crippen molar-refractivity contribution in [3.8, 4) is 0 Å². The number of rotatable bonds is 2. The van der Waals surface area contributed by atoms with Gasteiger partial charge in [0.25, 0.3) is 5.22 Å². The van der Waals surface area contributed by atoms with Crippen LogP contribution in [0.1, 0.15) is 0 Å². The van der Waals surface area contributed by atoms with E-state index in [0.717, 1.165) is 4.34 Å². The van der Waals surface area contributed by atoms with Crippen LogP contribution in [-0.4, -0.2) is 9.97 Å². The Bertz CT molecular complexity index is 357. The lowest BCUT2D eigenvalue weighted by molar-refractivity contribution is 0.454. The summed E-state index contributed by atoms with van der Waals surface area (Å²) < 4.78 is 5.87. The van der Waals surface area contributed by atoms with Crippen LogP contribution in [0.5, 0.6) is 0 Å². The van der Waals surface area contributed by atoms with Crippen LogP contribution in [0.25, 0.3) is 0 Å². The summed E-state index contributed by atoms with van der Waals surface area (Å²) in [6.45, 7) is 0. The lowest BCUT2D eigenvalue weighted by atomic mass is 10.9. The van der Waals surface area contributed by atoms with E-state index in [1.807, 2.05) is 0 Å². The molecular formula is C6H5N3OS2. The van der Waals surface area contributed by atoms with E-state index in [1.165, 1.54) is 29.4 Å². The van der Waals surface area contributed by atoms with Crippen molar-refractivity contribution in [3.05, 3.63) is 18.7 Å². The Balaban J connectivity index is 2.14. The van der Waals surface area contributed by atoms with Crippen molar-refractivity contribution >= 4 is 28.1 Å². The number of aromatic nitrogens is 2. The van der Waals surface area contributed by atoms with Crippen LogP contribution >= 0.6 is 23.1 Å². The van der Waals surface area contributed by atoms with E-state index in [0.29, 0.717) is 10.2 Å². The van der Waals surface area contributed by atoms with Gasteiger partial charge in [-0.15, -0.1) is 0 Å². The molecule has 0 unspecified atom stereocenters. The fraction of sp³-hybridized carbons (Fsp3) is 0. The third-order valence-electron chi connectivity index (χ3n) is 1.09. The Morgan fingerprint density at radius 1 is 1.50 bits per heavy atom. The molecule has 0 aliphatic carbocycles. The van der Waals surface area contributed by atoms with Crippen molar-refractivity contribution in [3.63, 3.8) is 0 Å². The van der Waals surface area contributed by atoms with Gasteiger partial charge in [0.1, 0.15) is 11.3 Å². The number of nitrogens with zero attached hydrogens (tertiary/aromatic N) is 2. The summed E-state index contributed by atoms with van der Waals surface area (Å²) in [5.41, 5.74) is 5.50. The van der Waals surface area contributed by atoms with Crippen molar-refractivity contribution in [1.29, 1.82) is 0 Å². The molecule has 2 heterocycles. The topological polar surface area (TPSA) is 64.9 Å². The molecule has 0 amide bonds. The monoisotopic (exact) mass is 199 g/mol. The molecule has 2 N–H and O–H groups in total. The summed E-state index contributed by atoms with van der Waals surface area (Å²) in [5.74, 6) is 0. The van der Waals surface area contributed by atoms with E-state index >= 15 is 0 Å². The molecule has 0 saturated carbocycles. The Morgan fingerprint density at radius 3 is 3.00 bits per heavy atom. The van der Waals surface area contributed by atoms with Gasteiger partial charge < -0.3 is 10.2 Å². The first-order valence-electron chi connectivity index (χ1n) is 3.13. The van der Waals surface area contributed by atoms with E-state index < -0.39 is 0 Å². The maximum absolute atomic E-state index is 5.50. The predicted molar refractivity (Wildman–Crippen MR) is 47.2 cm³/mol. The quantitative estimate of drug-likeness (QED) is 0.799. The first-order chi connectivity index (χ1) is 5.84. The molecule has 0 radical (unpaired) electrons. The van der Waals surface area contributed by atoms with Crippen molar-refractivity contribution in [1.82, 2.24) is 9.97 Å². The van der Waals surface area contributed by atoms with Crippen LogP contribution in [0.2, 0.25) is 0 Å². The van der Waals surface area contributed by atoms with Gasteiger partial charge in [0.05, 0.1) is 12.4 Å². The number of thiazole rings is 1. The maximum atomic E-state index is 5.50. The highest BCUT2D eigenvalue weighted by atomic mass is 32.2. The first kappa shape index (κ1) is 7.63. The number of hydrogen-bond donors (Lipinski definition) is 1. The fourth-order valence-corrected chi connectivity index (χ4v) is 2.21. The van der Waals surface area contributed by atoms with E-state index in [4.69, 9.17) is 10.2 Å².